The van der Waals surface area contributed by atoms with Crippen LogP contribution in [0.3, 0.4) is 0 Å². The monoisotopic (exact) mass is 630 g/mol. The highest BCUT2D eigenvalue weighted by Gasteiger charge is 2.41. The van der Waals surface area contributed by atoms with Gasteiger partial charge in [0, 0.05) is 42.3 Å². The molecule has 238 valence electrons. The number of benzene rings is 3. The Labute approximate surface area is 271 Å². The fourth-order valence-electron chi connectivity index (χ4n) is 5.77. The summed E-state index contributed by atoms with van der Waals surface area (Å²) in [6, 6.07) is 23.9. The second kappa shape index (κ2) is 15.2. The highest BCUT2D eigenvalue weighted by Crippen LogP contribution is 2.33. The van der Waals surface area contributed by atoms with E-state index in [9.17, 15) is 9.59 Å². The van der Waals surface area contributed by atoms with E-state index in [0.717, 1.165) is 43.4 Å². The van der Waals surface area contributed by atoms with E-state index in [2.05, 4.69) is 22.8 Å². The van der Waals surface area contributed by atoms with Crippen LogP contribution in [0.25, 0.3) is 0 Å². The molecule has 0 unspecified atom stereocenters. The lowest BCUT2D eigenvalue weighted by Gasteiger charge is -2.38. The van der Waals surface area contributed by atoms with Crippen LogP contribution in [0.1, 0.15) is 48.8 Å². The van der Waals surface area contributed by atoms with Gasteiger partial charge in [-0.05, 0) is 85.7 Å². The van der Waals surface area contributed by atoms with Crippen LogP contribution in [0.2, 0.25) is 5.02 Å². The lowest BCUT2D eigenvalue weighted by atomic mass is 10.1. The number of rotatable bonds is 16. The van der Waals surface area contributed by atoms with Crippen molar-refractivity contribution >= 4 is 29.1 Å². The van der Waals surface area contributed by atoms with Crippen molar-refractivity contribution in [2.75, 3.05) is 37.7 Å². The molecule has 3 aromatic carbocycles. The van der Waals surface area contributed by atoms with Crippen LogP contribution < -0.4 is 20.3 Å². The molecule has 1 saturated heterocycles. The zero-order chi connectivity index (χ0) is 31.0. The molecule has 3 fully saturated rings. The summed E-state index contributed by atoms with van der Waals surface area (Å²) in [5.41, 5.74) is 4.01. The Balaban J connectivity index is 1.06. The Hall–Kier alpha value is -3.43. The molecule has 1 atom stereocenters. The number of piperazine rings is 1. The van der Waals surface area contributed by atoms with Crippen molar-refractivity contribution in [3.63, 3.8) is 0 Å². The van der Waals surface area contributed by atoms with Crippen molar-refractivity contribution in [2.45, 2.75) is 69.8 Å². The van der Waals surface area contributed by atoms with Crippen molar-refractivity contribution in [2.24, 2.45) is 0 Å². The van der Waals surface area contributed by atoms with Crippen molar-refractivity contribution in [1.82, 2.24) is 15.5 Å². The van der Waals surface area contributed by atoms with E-state index >= 15 is 0 Å². The number of carbonyl (C=O) groups excluding carboxylic acids is 2. The number of anilines is 1. The van der Waals surface area contributed by atoms with Crippen LogP contribution in [-0.2, 0) is 33.9 Å². The summed E-state index contributed by atoms with van der Waals surface area (Å²) in [6.07, 6.45) is 6.15. The third-order valence-corrected chi connectivity index (χ3v) is 8.92. The molecule has 0 bridgehead atoms. The van der Waals surface area contributed by atoms with Gasteiger partial charge in [0.2, 0.25) is 11.8 Å². The van der Waals surface area contributed by atoms with Crippen LogP contribution in [0.4, 0.5) is 5.69 Å². The molecule has 9 heteroatoms. The second-order valence-corrected chi connectivity index (χ2v) is 12.7. The SMILES string of the molecule is O=C([C@H]1CNCC(=O)N1c1ccc(OCCCOCc2ccccc2)cc1)N(Cc1cc(CCNC2CC2)ccc1Cl)C1CC1. The van der Waals surface area contributed by atoms with Crippen LogP contribution >= 0.6 is 11.6 Å². The average Bonchev–Trinajstić information content (AvgIpc) is 3.99. The lowest BCUT2D eigenvalue weighted by molar-refractivity contribution is -0.136. The quantitative estimate of drug-likeness (QED) is 0.214. The van der Waals surface area contributed by atoms with Crippen LogP contribution in [0.5, 0.6) is 5.75 Å². The van der Waals surface area contributed by atoms with Crippen molar-refractivity contribution < 1.29 is 19.1 Å². The third kappa shape index (κ3) is 8.85. The smallest absolute Gasteiger partial charge is 0.247 e. The second-order valence-electron chi connectivity index (χ2n) is 12.2. The predicted octanol–water partition coefficient (Wildman–Crippen LogP) is 5.12. The fourth-order valence-corrected chi connectivity index (χ4v) is 5.94. The fraction of sp³-hybridized carbons (Fsp3) is 0.444. The number of carbonyl (C=O) groups is 2. The first kappa shape index (κ1) is 31.5. The summed E-state index contributed by atoms with van der Waals surface area (Å²) in [6.45, 7) is 3.69. The first-order valence-electron chi connectivity index (χ1n) is 16.2. The van der Waals surface area contributed by atoms with Gasteiger partial charge in [-0.1, -0.05) is 54.1 Å². The van der Waals surface area contributed by atoms with Gasteiger partial charge in [-0.15, -0.1) is 0 Å². The minimum atomic E-state index is -0.634. The summed E-state index contributed by atoms with van der Waals surface area (Å²) < 4.78 is 11.7. The maximum absolute atomic E-state index is 14.2. The maximum Gasteiger partial charge on any atom is 0.247 e. The van der Waals surface area contributed by atoms with E-state index in [1.807, 2.05) is 65.6 Å². The van der Waals surface area contributed by atoms with Gasteiger partial charge in [-0.3, -0.25) is 14.5 Å². The maximum atomic E-state index is 14.2. The van der Waals surface area contributed by atoms with E-state index in [-0.39, 0.29) is 24.4 Å². The summed E-state index contributed by atoms with van der Waals surface area (Å²) in [5, 5.41) is 7.39. The Bertz CT molecular complexity index is 1430. The van der Waals surface area contributed by atoms with Crippen molar-refractivity contribution in [3.05, 3.63) is 94.5 Å². The van der Waals surface area contributed by atoms with Gasteiger partial charge in [0.15, 0.2) is 0 Å². The molecule has 45 heavy (non-hydrogen) atoms. The standard InChI is InChI=1S/C36H43ClN4O4/c37-33-16-7-26(17-18-39-29-8-9-29)21-28(33)24-40(30-10-11-30)36(43)34-22-38-23-35(42)41(34)31-12-14-32(15-13-31)45-20-4-19-44-25-27-5-2-1-3-6-27/h1-3,5-7,12-16,21,29-30,34,38-39H,4,8-11,17-20,22-25H2/t34-/m1/s1. The number of nitrogens with zero attached hydrogens (tertiary/aromatic N) is 2. The highest BCUT2D eigenvalue weighted by molar-refractivity contribution is 6.31. The summed E-state index contributed by atoms with van der Waals surface area (Å²) >= 11 is 6.65. The number of amides is 2. The van der Waals surface area contributed by atoms with Crippen LogP contribution in [-0.4, -0.2) is 67.7 Å². The molecule has 3 aromatic rings. The first-order valence-corrected chi connectivity index (χ1v) is 16.6. The summed E-state index contributed by atoms with van der Waals surface area (Å²) in [5.74, 6) is 0.544. The average molecular weight is 631 g/mol. The molecule has 2 saturated carbocycles. The minimum Gasteiger partial charge on any atom is -0.494 e. The van der Waals surface area contributed by atoms with E-state index < -0.39 is 6.04 Å². The molecule has 2 aliphatic carbocycles. The minimum absolute atomic E-state index is 0.0502. The van der Waals surface area contributed by atoms with E-state index in [1.165, 1.54) is 18.4 Å². The van der Waals surface area contributed by atoms with Gasteiger partial charge in [0.25, 0.3) is 0 Å². The molecule has 0 radical (unpaired) electrons. The molecule has 6 rings (SSSR count). The number of halogens is 1. The van der Waals surface area contributed by atoms with E-state index in [1.54, 1.807) is 4.90 Å². The van der Waals surface area contributed by atoms with Gasteiger partial charge in [-0.25, -0.2) is 0 Å². The van der Waals surface area contributed by atoms with Gasteiger partial charge in [0.1, 0.15) is 11.8 Å². The molecule has 3 aliphatic rings. The zero-order valence-electron chi connectivity index (χ0n) is 25.8. The predicted molar refractivity (Wildman–Crippen MR) is 177 cm³/mol. The Morgan fingerprint density at radius 2 is 1.78 bits per heavy atom. The zero-order valence-corrected chi connectivity index (χ0v) is 26.5. The molecular formula is C36H43ClN4O4. The van der Waals surface area contributed by atoms with Gasteiger partial charge >= 0.3 is 0 Å². The molecule has 2 amide bonds. The van der Waals surface area contributed by atoms with Gasteiger partial charge < -0.3 is 25.0 Å². The topological polar surface area (TPSA) is 83.1 Å². The summed E-state index contributed by atoms with van der Waals surface area (Å²) in [7, 11) is 0. The molecule has 0 spiro atoms. The van der Waals surface area contributed by atoms with Crippen molar-refractivity contribution in [1.29, 1.82) is 0 Å². The van der Waals surface area contributed by atoms with Crippen molar-refractivity contribution in [3.8, 4) is 5.75 Å². The number of nitrogens with one attached hydrogen (secondary N) is 2. The number of ether oxygens (including phenoxy) is 2. The molecule has 8 nitrogen and oxygen atoms in total. The Morgan fingerprint density at radius 1 is 0.978 bits per heavy atom. The largest absolute Gasteiger partial charge is 0.494 e. The Morgan fingerprint density at radius 3 is 2.53 bits per heavy atom. The third-order valence-electron chi connectivity index (χ3n) is 8.55. The van der Waals surface area contributed by atoms with E-state index in [0.29, 0.717) is 55.4 Å². The first-order chi connectivity index (χ1) is 22.0. The van der Waals surface area contributed by atoms with Gasteiger partial charge in [0.05, 0.1) is 26.4 Å². The Kier molecular flexibility index (Phi) is 10.7. The molecule has 1 heterocycles. The normalized spacial score (nSPS) is 18.2. The highest BCUT2D eigenvalue weighted by atomic mass is 35.5. The van der Waals surface area contributed by atoms with Crippen LogP contribution in [0, 0.1) is 0 Å². The molecule has 1 aliphatic heterocycles. The number of hydrogen-bond donors (Lipinski definition) is 2. The molecule has 0 aromatic heterocycles. The molecule has 2 N–H and O–H groups in total. The van der Waals surface area contributed by atoms with E-state index in [4.69, 9.17) is 21.1 Å². The number of hydrogen-bond acceptors (Lipinski definition) is 6. The van der Waals surface area contributed by atoms with Crippen LogP contribution in [0.15, 0.2) is 72.8 Å². The summed E-state index contributed by atoms with van der Waals surface area (Å²) in [4.78, 5) is 30.9. The molecular weight excluding hydrogens is 588 g/mol. The lowest BCUT2D eigenvalue weighted by Crippen LogP contribution is -2.61. The van der Waals surface area contributed by atoms with Gasteiger partial charge in [-0.2, -0.15) is 0 Å².